The third-order valence-corrected chi connectivity index (χ3v) is 3.67. The van der Waals surface area contributed by atoms with Crippen LogP contribution in [-0.2, 0) is 0 Å². The summed E-state index contributed by atoms with van der Waals surface area (Å²) in [6.45, 7) is 0. The molecule has 0 aromatic heterocycles. The first-order valence-electron chi connectivity index (χ1n) is 6.10. The first-order chi connectivity index (χ1) is 10.0. The zero-order chi connectivity index (χ0) is 15.4. The maximum absolute atomic E-state index is 12.1. The minimum atomic E-state index is -0.293. The fourth-order valence-corrected chi connectivity index (χ4v) is 2.13. The number of anilines is 1. The van der Waals surface area contributed by atoms with E-state index in [1.165, 1.54) is 13.1 Å². The van der Waals surface area contributed by atoms with Gasteiger partial charge >= 0.3 is 0 Å². The van der Waals surface area contributed by atoms with Gasteiger partial charge in [-0.15, -0.1) is 0 Å². The average Bonchev–Trinajstić information content (AvgIpc) is 2.49. The summed E-state index contributed by atoms with van der Waals surface area (Å²) in [5.74, 6) is -0.538. The van der Waals surface area contributed by atoms with E-state index in [9.17, 15) is 9.59 Å². The largest absolute Gasteiger partial charge is 0.355 e. The monoisotopic (exact) mass is 366 g/mol. The van der Waals surface area contributed by atoms with Crippen LogP contribution >= 0.6 is 27.5 Å². The topological polar surface area (TPSA) is 58.2 Å². The molecule has 0 aliphatic rings. The van der Waals surface area contributed by atoms with Gasteiger partial charge in [-0.3, -0.25) is 9.59 Å². The number of benzene rings is 2. The highest BCUT2D eigenvalue weighted by molar-refractivity contribution is 9.10. The van der Waals surface area contributed by atoms with E-state index in [-0.39, 0.29) is 11.8 Å². The summed E-state index contributed by atoms with van der Waals surface area (Å²) in [7, 11) is 1.54. The highest BCUT2D eigenvalue weighted by atomic mass is 79.9. The van der Waals surface area contributed by atoms with Crippen LogP contribution in [0.3, 0.4) is 0 Å². The van der Waals surface area contributed by atoms with Gasteiger partial charge in [-0.25, -0.2) is 0 Å². The van der Waals surface area contributed by atoms with E-state index in [2.05, 4.69) is 26.6 Å². The zero-order valence-corrected chi connectivity index (χ0v) is 13.5. The van der Waals surface area contributed by atoms with Crippen molar-refractivity contribution in [1.29, 1.82) is 0 Å². The lowest BCUT2D eigenvalue weighted by Gasteiger charge is -2.09. The molecule has 0 atom stereocenters. The van der Waals surface area contributed by atoms with Gasteiger partial charge in [0.25, 0.3) is 11.8 Å². The Balaban J connectivity index is 2.24. The summed E-state index contributed by atoms with van der Waals surface area (Å²) in [5.41, 5.74) is 1.32. The van der Waals surface area contributed by atoms with Crippen LogP contribution in [0, 0.1) is 0 Å². The molecule has 2 amide bonds. The van der Waals surface area contributed by atoms with Crippen molar-refractivity contribution in [1.82, 2.24) is 5.32 Å². The van der Waals surface area contributed by atoms with Crippen molar-refractivity contribution in [3.63, 3.8) is 0 Å². The first-order valence-corrected chi connectivity index (χ1v) is 7.27. The Hall–Kier alpha value is -1.85. The minimum Gasteiger partial charge on any atom is -0.355 e. The molecule has 2 aromatic carbocycles. The van der Waals surface area contributed by atoms with Crippen molar-refractivity contribution in [2.24, 2.45) is 0 Å². The van der Waals surface area contributed by atoms with Crippen LogP contribution in [0.5, 0.6) is 0 Å². The molecule has 0 heterocycles. The van der Waals surface area contributed by atoms with Crippen LogP contribution in [-0.4, -0.2) is 18.9 Å². The van der Waals surface area contributed by atoms with Crippen molar-refractivity contribution in [3.8, 4) is 0 Å². The summed E-state index contributed by atoms with van der Waals surface area (Å²) in [5, 5.41) is 5.59. The van der Waals surface area contributed by atoms with E-state index in [1.807, 2.05) is 0 Å². The molecule has 0 unspecified atom stereocenters. The first kappa shape index (κ1) is 15.5. The van der Waals surface area contributed by atoms with Crippen LogP contribution in [0.2, 0.25) is 5.02 Å². The molecule has 2 aromatic rings. The molecular formula is C15H12BrClN2O2. The molecule has 0 bridgehead atoms. The van der Waals surface area contributed by atoms with Crippen LogP contribution in [0.15, 0.2) is 46.9 Å². The number of halogens is 2. The van der Waals surface area contributed by atoms with Crippen molar-refractivity contribution in [2.75, 3.05) is 12.4 Å². The summed E-state index contributed by atoms with van der Waals surface area (Å²) in [4.78, 5) is 23.7. The molecule has 0 fully saturated rings. The number of hydrogen-bond acceptors (Lipinski definition) is 2. The lowest BCUT2D eigenvalue weighted by Crippen LogP contribution is -2.18. The maximum atomic E-state index is 12.1. The van der Waals surface area contributed by atoms with E-state index in [0.717, 1.165) is 4.47 Å². The Kier molecular flexibility index (Phi) is 4.98. The normalized spacial score (nSPS) is 10.0. The quantitative estimate of drug-likeness (QED) is 0.869. The third kappa shape index (κ3) is 3.83. The van der Waals surface area contributed by atoms with E-state index >= 15 is 0 Å². The second-order valence-corrected chi connectivity index (χ2v) is 5.56. The van der Waals surface area contributed by atoms with E-state index in [4.69, 9.17) is 11.6 Å². The summed E-state index contributed by atoms with van der Waals surface area (Å²) < 4.78 is 0.888. The summed E-state index contributed by atoms with van der Waals surface area (Å²) in [6.07, 6.45) is 0. The van der Waals surface area contributed by atoms with Gasteiger partial charge in [0, 0.05) is 22.6 Å². The standard InChI is InChI=1S/C15H12BrClN2O2/c1-18-14(20)10-4-7-12(17)13(8-10)19-15(21)9-2-5-11(16)6-3-9/h2-8H,1H3,(H,18,20)(H,19,21). The lowest BCUT2D eigenvalue weighted by atomic mass is 10.1. The van der Waals surface area contributed by atoms with E-state index in [1.54, 1.807) is 36.4 Å². The fraction of sp³-hybridized carbons (Fsp3) is 0.0667. The SMILES string of the molecule is CNC(=O)c1ccc(Cl)c(NC(=O)c2ccc(Br)cc2)c1. The second kappa shape index (κ2) is 6.74. The van der Waals surface area contributed by atoms with Crippen molar-refractivity contribution >= 4 is 45.0 Å². The summed E-state index contributed by atoms with van der Waals surface area (Å²) >= 11 is 9.36. The number of carbonyl (C=O) groups is 2. The zero-order valence-electron chi connectivity index (χ0n) is 11.1. The molecule has 0 spiro atoms. The fourth-order valence-electron chi connectivity index (χ4n) is 1.70. The molecule has 2 N–H and O–H groups in total. The molecule has 6 heteroatoms. The number of nitrogens with one attached hydrogen (secondary N) is 2. The Morgan fingerprint density at radius 2 is 1.62 bits per heavy atom. The number of rotatable bonds is 3. The predicted octanol–water partition coefficient (Wildman–Crippen LogP) is 3.71. The Bertz CT molecular complexity index is 687. The number of carbonyl (C=O) groups excluding carboxylic acids is 2. The summed E-state index contributed by atoms with van der Waals surface area (Å²) in [6, 6.07) is 11.6. The molecule has 0 aliphatic carbocycles. The van der Waals surface area contributed by atoms with Gasteiger partial charge in [-0.1, -0.05) is 27.5 Å². The van der Waals surface area contributed by atoms with Gasteiger partial charge in [0.2, 0.25) is 0 Å². The smallest absolute Gasteiger partial charge is 0.255 e. The van der Waals surface area contributed by atoms with Crippen LogP contribution in [0.4, 0.5) is 5.69 Å². The van der Waals surface area contributed by atoms with Crippen molar-refractivity contribution in [3.05, 3.63) is 63.1 Å². The molecule has 0 radical (unpaired) electrons. The van der Waals surface area contributed by atoms with Gasteiger partial charge in [0.1, 0.15) is 0 Å². The lowest BCUT2D eigenvalue weighted by molar-refractivity contribution is 0.0961. The number of amides is 2. The van der Waals surface area contributed by atoms with Gasteiger partial charge in [-0.05, 0) is 42.5 Å². The average molecular weight is 368 g/mol. The van der Waals surface area contributed by atoms with Gasteiger partial charge in [-0.2, -0.15) is 0 Å². The van der Waals surface area contributed by atoms with Crippen molar-refractivity contribution < 1.29 is 9.59 Å². The molecule has 4 nitrogen and oxygen atoms in total. The predicted molar refractivity (Wildman–Crippen MR) is 86.9 cm³/mol. The van der Waals surface area contributed by atoms with Crippen LogP contribution < -0.4 is 10.6 Å². The Morgan fingerprint density at radius 3 is 2.24 bits per heavy atom. The van der Waals surface area contributed by atoms with Crippen LogP contribution in [0.25, 0.3) is 0 Å². The van der Waals surface area contributed by atoms with Gasteiger partial charge in [0.15, 0.2) is 0 Å². The Labute approximate surface area is 135 Å². The van der Waals surface area contributed by atoms with Crippen molar-refractivity contribution in [2.45, 2.75) is 0 Å². The van der Waals surface area contributed by atoms with Gasteiger partial charge < -0.3 is 10.6 Å². The third-order valence-electron chi connectivity index (χ3n) is 2.81. The van der Waals surface area contributed by atoms with E-state index < -0.39 is 0 Å². The molecule has 0 saturated carbocycles. The molecule has 0 saturated heterocycles. The second-order valence-electron chi connectivity index (χ2n) is 4.23. The minimum absolute atomic E-state index is 0.245. The van der Waals surface area contributed by atoms with Crippen LogP contribution in [0.1, 0.15) is 20.7 Å². The van der Waals surface area contributed by atoms with Gasteiger partial charge in [0.05, 0.1) is 10.7 Å². The molecule has 2 rings (SSSR count). The molecule has 0 aliphatic heterocycles. The van der Waals surface area contributed by atoms with E-state index in [0.29, 0.717) is 21.8 Å². The number of hydrogen-bond donors (Lipinski definition) is 2. The molecular weight excluding hydrogens is 356 g/mol. The highest BCUT2D eigenvalue weighted by Crippen LogP contribution is 2.24. The highest BCUT2D eigenvalue weighted by Gasteiger charge is 2.11. The molecule has 21 heavy (non-hydrogen) atoms. The molecule has 108 valence electrons. The Morgan fingerprint density at radius 1 is 1.00 bits per heavy atom. The maximum Gasteiger partial charge on any atom is 0.255 e.